The minimum atomic E-state index is -0.234. The molecule has 2 rings (SSSR count). The highest BCUT2D eigenvalue weighted by molar-refractivity contribution is 5.73. The van der Waals surface area contributed by atoms with Crippen LogP contribution in [0, 0.1) is 6.92 Å². The van der Waals surface area contributed by atoms with Crippen LogP contribution in [0.2, 0.25) is 0 Å². The molecule has 0 radical (unpaired) electrons. The van der Waals surface area contributed by atoms with Gasteiger partial charge in [-0.1, -0.05) is 42.5 Å². The number of aryl methyl sites for hydroxylation is 1. The van der Waals surface area contributed by atoms with E-state index >= 15 is 0 Å². The van der Waals surface area contributed by atoms with Crippen molar-refractivity contribution in [2.24, 2.45) is 0 Å². The van der Waals surface area contributed by atoms with E-state index in [4.69, 9.17) is 9.47 Å². The van der Waals surface area contributed by atoms with Gasteiger partial charge in [0.25, 0.3) is 0 Å². The molecule has 1 atom stereocenters. The first kappa shape index (κ1) is 17.8. The molecule has 24 heavy (non-hydrogen) atoms. The highest BCUT2D eigenvalue weighted by Gasteiger charge is 2.13. The van der Waals surface area contributed by atoms with Crippen molar-refractivity contribution in [2.45, 2.75) is 13.0 Å². The van der Waals surface area contributed by atoms with Crippen LogP contribution in [0.15, 0.2) is 54.6 Å². The summed E-state index contributed by atoms with van der Waals surface area (Å²) in [6.07, 6.45) is -0.169. The van der Waals surface area contributed by atoms with Crippen molar-refractivity contribution in [3.05, 3.63) is 65.7 Å². The second-order valence-corrected chi connectivity index (χ2v) is 5.38. The molecule has 2 amide bonds. The molecule has 0 saturated heterocycles. The van der Waals surface area contributed by atoms with E-state index < -0.39 is 0 Å². The highest BCUT2D eigenvalue weighted by Crippen LogP contribution is 2.19. The van der Waals surface area contributed by atoms with Crippen molar-refractivity contribution in [1.29, 1.82) is 0 Å². The zero-order valence-corrected chi connectivity index (χ0v) is 14.1. The predicted octanol–water partition coefficient (Wildman–Crippen LogP) is 3.06. The molecular formula is C19H24N2O3. The zero-order chi connectivity index (χ0) is 17.2. The molecule has 2 aromatic carbocycles. The third-order valence-electron chi connectivity index (χ3n) is 3.67. The Morgan fingerprint density at radius 2 is 1.75 bits per heavy atom. The Morgan fingerprint density at radius 3 is 2.46 bits per heavy atom. The molecule has 0 saturated carbocycles. The van der Waals surface area contributed by atoms with Gasteiger partial charge in [-0.25, -0.2) is 4.79 Å². The molecule has 0 unspecified atom stereocenters. The number of para-hydroxylation sites is 1. The van der Waals surface area contributed by atoms with Gasteiger partial charge in [0.15, 0.2) is 0 Å². The molecule has 0 heterocycles. The van der Waals surface area contributed by atoms with E-state index in [1.54, 1.807) is 7.11 Å². The highest BCUT2D eigenvalue weighted by atomic mass is 16.5. The number of nitrogens with one attached hydrogen (secondary N) is 2. The molecule has 5 heteroatoms. The molecule has 0 bridgehead atoms. The fraction of sp³-hybridized carbons (Fsp3) is 0.316. The number of carbonyl (C=O) groups excluding carboxylic acids is 1. The monoisotopic (exact) mass is 328 g/mol. The van der Waals surface area contributed by atoms with Crippen molar-refractivity contribution >= 4 is 6.03 Å². The van der Waals surface area contributed by atoms with Gasteiger partial charge in [-0.2, -0.15) is 0 Å². The number of urea groups is 1. The van der Waals surface area contributed by atoms with E-state index in [1.165, 1.54) is 0 Å². The number of benzene rings is 2. The van der Waals surface area contributed by atoms with Gasteiger partial charge >= 0.3 is 6.03 Å². The van der Waals surface area contributed by atoms with Gasteiger partial charge in [-0.3, -0.25) is 0 Å². The van der Waals surface area contributed by atoms with Gasteiger partial charge in [0.05, 0.1) is 12.6 Å². The normalized spacial score (nSPS) is 11.6. The van der Waals surface area contributed by atoms with Crippen molar-refractivity contribution in [3.63, 3.8) is 0 Å². The number of methoxy groups -OCH3 is 1. The molecule has 0 spiro atoms. The summed E-state index contributed by atoms with van der Waals surface area (Å²) in [6.45, 7) is 3.29. The molecule has 0 aliphatic rings. The van der Waals surface area contributed by atoms with Crippen molar-refractivity contribution in [3.8, 4) is 5.75 Å². The Balaban J connectivity index is 1.69. The quantitative estimate of drug-likeness (QED) is 0.732. The number of hydrogen-bond acceptors (Lipinski definition) is 3. The summed E-state index contributed by atoms with van der Waals surface area (Å²) < 4.78 is 11.0. The number of ether oxygens (including phenoxy) is 2. The van der Waals surface area contributed by atoms with E-state index in [2.05, 4.69) is 10.6 Å². The van der Waals surface area contributed by atoms with Crippen LogP contribution in [0.5, 0.6) is 5.75 Å². The SMILES string of the molecule is CO[C@@H](CNC(=O)NCCOc1ccccc1)c1ccccc1C. The van der Waals surface area contributed by atoms with Crippen LogP contribution in [0.1, 0.15) is 17.2 Å². The lowest BCUT2D eigenvalue weighted by molar-refractivity contribution is 0.103. The van der Waals surface area contributed by atoms with Crippen LogP contribution in [0.3, 0.4) is 0 Å². The van der Waals surface area contributed by atoms with E-state index in [0.29, 0.717) is 19.7 Å². The molecule has 2 aromatic rings. The van der Waals surface area contributed by atoms with Gasteiger partial charge < -0.3 is 20.1 Å². The Hall–Kier alpha value is -2.53. The summed E-state index contributed by atoms with van der Waals surface area (Å²) in [5.74, 6) is 0.790. The molecule has 0 aliphatic carbocycles. The zero-order valence-electron chi connectivity index (χ0n) is 14.1. The van der Waals surface area contributed by atoms with E-state index in [1.807, 2.05) is 61.5 Å². The summed E-state index contributed by atoms with van der Waals surface area (Å²) in [6, 6.07) is 17.3. The third kappa shape index (κ3) is 5.59. The van der Waals surface area contributed by atoms with Crippen molar-refractivity contribution < 1.29 is 14.3 Å². The van der Waals surface area contributed by atoms with Gasteiger partial charge in [-0.15, -0.1) is 0 Å². The van der Waals surface area contributed by atoms with Crippen LogP contribution >= 0.6 is 0 Å². The van der Waals surface area contributed by atoms with Crippen molar-refractivity contribution in [2.75, 3.05) is 26.8 Å². The molecule has 0 aliphatic heterocycles. The molecular weight excluding hydrogens is 304 g/mol. The van der Waals surface area contributed by atoms with Crippen LogP contribution in [-0.2, 0) is 4.74 Å². The molecule has 128 valence electrons. The van der Waals surface area contributed by atoms with E-state index in [-0.39, 0.29) is 12.1 Å². The standard InChI is InChI=1S/C19H24N2O3/c1-15-8-6-7-11-17(15)18(23-2)14-21-19(22)20-12-13-24-16-9-4-3-5-10-16/h3-11,18H,12-14H2,1-2H3,(H2,20,21,22)/t18-/m0/s1. The summed E-state index contributed by atoms with van der Waals surface area (Å²) >= 11 is 0. The minimum absolute atomic E-state index is 0.169. The summed E-state index contributed by atoms with van der Waals surface area (Å²) in [5, 5.41) is 5.60. The number of hydrogen-bond donors (Lipinski definition) is 2. The number of rotatable bonds is 8. The fourth-order valence-electron chi connectivity index (χ4n) is 2.37. The van der Waals surface area contributed by atoms with E-state index in [9.17, 15) is 4.79 Å². The minimum Gasteiger partial charge on any atom is -0.492 e. The Morgan fingerprint density at radius 1 is 1.04 bits per heavy atom. The predicted molar refractivity (Wildman–Crippen MR) is 94.3 cm³/mol. The average molecular weight is 328 g/mol. The average Bonchev–Trinajstić information content (AvgIpc) is 2.61. The van der Waals surface area contributed by atoms with Gasteiger partial charge in [0.2, 0.25) is 0 Å². The van der Waals surface area contributed by atoms with Crippen LogP contribution in [0.4, 0.5) is 4.79 Å². The van der Waals surface area contributed by atoms with Gasteiger partial charge in [0.1, 0.15) is 12.4 Å². The maximum Gasteiger partial charge on any atom is 0.315 e. The Bertz CT molecular complexity index is 632. The largest absolute Gasteiger partial charge is 0.492 e. The maximum absolute atomic E-state index is 11.9. The topological polar surface area (TPSA) is 59.6 Å². The lowest BCUT2D eigenvalue weighted by Crippen LogP contribution is -2.39. The first-order valence-corrected chi connectivity index (χ1v) is 7.98. The van der Waals surface area contributed by atoms with Crippen LogP contribution in [-0.4, -0.2) is 32.8 Å². The lowest BCUT2D eigenvalue weighted by Gasteiger charge is -2.18. The molecule has 2 N–H and O–H groups in total. The summed E-state index contributed by atoms with van der Waals surface area (Å²) in [5.41, 5.74) is 2.22. The molecule has 0 fully saturated rings. The number of carbonyl (C=O) groups is 1. The molecule has 0 aromatic heterocycles. The molecule has 5 nitrogen and oxygen atoms in total. The van der Waals surface area contributed by atoms with E-state index in [0.717, 1.165) is 16.9 Å². The Labute approximate surface area is 143 Å². The van der Waals surface area contributed by atoms with Crippen molar-refractivity contribution in [1.82, 2.24) is 10.6 Å². The van der Waals surface area contributed by atoms with Crippen LogP contribution < -0.4 is 15.4 Å². The summed E-state index contributed by atoms with van der Waals surface area (Å²) in [7, 11) is 1.64. The first-order chi connectivity index (χ1) is 11.7. The number of amides is 2. The fourth-order valence-corrected chi connectivity index (χ4v) is 2.37. The third-order valence-corrected chi connectivity index (χ3v) is 3.67. The van der Waals surface area contributed by atoms with Gasteiger partial charge in [-0.05, 0) is 30.2 Å². The smallest absolute Gasteiger partial charge is 0.315 e. The second kappa shape index (κ2) is 9.57. The summed E-state index contributed by atoms with van der Waals surface area (Å²) in [4.78, 5) is 11.9. The first-order valence-electron chi connectivity index (χ1n) is 7.98. The maximum atomic E-state index is 11.9. The van der Waals surface area contributed by atoms with Crippen LogP contribution in [0.25, 0.3) is 0 Å². The van der Waals surface area contributed by atoms with Gasteiger partial charge in [0, 0.05) is 13.7 Å². The lowest BCUT2D eigenvalue weighted by atomic mass is 10.0. The second-order valence-electron chi connectivity index (χ2n) is 5.38. The Kier molecular flexibility index (Phi) is 7.11.